The summed E-state index contributed by atoms with van der Waals surface area (Å²) in [5, 5.41) is 8.55. The molecule has 1 saturated heterocycles. The van der Waals surface area contributed by atoms with E-state index in [1.165, 1.54) is 7.11 Å². The van der Waals surface area contributed by atoms with Crippen LogP contribution in [0.3, 0.4) is 0 Å². The van der Waals surface area contributed by atoms with Crippen LogP contribution in [0.2, 0.25) is 0 Å². The van der Waals surface area contributed by atoms with Crippen molar-refractivity contribution in [1.29, 1.82) is 0 Å². The predicted molar refractivity (Wildman–Crippen MR) is 32.3 cm³/mol. The Kier molecular flexibility index (Phi) is 2.59. The van der Waals surface area contributed by atoms with Crippen molar-refractivity contribution in [2.75, 3.05) is 13.7 Å². The zero-order chi connectivity index (χ0) is 7.56. The molecular weight excluding hydrogens is 139 g/mol. The summed E-state index contributed by atoms with van der Waals surface area (Å²) in [6.07, 6.45) is -2.03. The van der Waals surface area contributed by atoms with Gasteiger partial charge in [0.25, 0.3) is 0 Å². The van der Waals surface area contributed by atoms with E-state index in [1.807, 2.05) is 0 Å². The first-order valence-corrected chi connectivity index (χ1v) is 3.21. The standard InChI is InChI=1S/C6H11FO3/c1-9-6-5(7)2-4(3-8)10-6/h4-6,8H,2-3H2,1H3/t4-,5-,6?/m0/s1. The van der Waals surface area contributed by atoms with Crippen LogP contribution in [0.15, 0.2) is 0 Å². The largest absolute Gasteiger partial charge is 0.394 e. The zero-order valence-electron chi connectivity index (χ0n) is 5.79. The first-order chi connectivity index (χ1) is 4.77. The first kappa shape index (κ1) is 7.91. The monoisotopic (exact) mass is 150 g/mol. The summed E-state index contributed by atoms with van der Waals surface area (Å²) in [7, 11) is 1.39. The Hall–Kier alpha value is -0.190. The molecule has 60 valence electrons. The molecule has 10 heavy (non-hydrogen) atoms. The average molecular weight is 150 g/mol. The normalized spacial score (nSPS) is 40.5. The van der Waals surface area contributed by atoms with Gasteiger partial charge in [0.15, 0.2) is 12.5 Å². The van der Waals surface area contributed by atoms with Gasteiger partial charge in [0, 0.05) is 13.5 Å². The third-order valence-electron chi connectivity index (χ3n) is 1.55. The van der Waals surface area contributed by atoms with E-state index < -0.39 is 12.5 Å². The summed E-state index contributed by atoms with van der Waals surface area (Å²) >= 11 is 0. The van der Waals surface area contributed by atoms with Crippen LogP contribution in [0.4, 0.5) is 4.39 Å². The molecule has 0 aromatic carbocycles. The molecule has 0 aromatic heterocycles. The van der Waals surface area contributed by atoms with Crippen LogP contribution >= 0.6 is 0 Å². The van der Waals surface area contributed by atoms with Gasteiger partial charge in [0.1, 0.15) is 0 Å². The van der Waals surface area contributed by atoms with Gasteiger partial charge in [-0.2, -0.15) is 0 Å². The summed E-state index contributed by atoms with van der Waals surface area (Å²) in [6.45, 7) is -0.139. The van der Waals surface area contributed by atoms with Crippen LogP contribution in [-0.2, 0) is 9.47 Å². The maximum absolute atomic E-state index is 12.7. The molecule has 1 fully saturated rings. The van der Waals surface area contributed by atoms with Gasteiger partial charge in [-0.15, -0.1) is 0 Å². The number of aliphatic hydroxyl groups excluding tert-OH is 1. The fourth-order valence-electron chi connectivity index (χ4n) is 1.01. The fourth-order valence-corrected chi connectivity index (χ4v) is 1.01. The number of rotatable bonds is 2. The van der Waals surface area contributed by atoms with E-state index in [9.17, 15) is 4.39 Å². The van der Waals surface area contributed by atoms with Crippen molar-refractivity contribution in [2.24, 2.45) is 0 Å². The molecule has 3 atom stereocenters. The van der Waals surface area contributed by atoms with Crippen molar-refractivity contribution in [3.63, 3.8) is 0 Å². The summed E-state index contributed by atoms with van der Waals surface area (Å²) in [6, 6.07) is 0. The lowest BCUT2D eigenvalue weighted by molar-refractivity contribution is -0.141. The van der Waals surface area contributed by atoms with Gasteiger partial charge in [0.05, 0.1) is 12.7 Å². The smallest absolute Gasteiger partial charge is 0.188 e. The Morgan fingerprint density at radius 3 is 2.80 bits per heavy atom. The topological polar surface area (TPSA) is 38.7 Å². The number of aliphatic hydroxyl groups is 1. The summed E-state index contributed by atoms with van der Waals surface area (Å²) in [5.74, 6) is 0. The molecule has 4 heteroatoms. The molecule has 3 nitrogen and oxygen atoms in total. The number of halogens is 1. The minimum absolute atomic E-state index is 0.139. The van der Waals surface area contributed by atoms with Gasteiger partial charge in [-0.1, -0.05) is 0 Å². The second kappa shape index (κ2) is 3.27. The Labute approximate surface area is 58.7 Å². The van der Waals surface area contributed by atoms with Gasteiger partial charge in [0.2, 0.25) is 0 Å². The second-order valence-corrected chi connectivity index (χ2v) is 2.30. The van der Waals surface area contributed by atoms with Crippen molar-refractivity contribution in [3.8, 4) is 0 Å². The van der Waals surface area contributed by atoms with Gasteiger partial charge < -0.3 is 14.6 Å². The van der Waals surface area contributed by atoms with Crippen LogP contribution < -0.4 is 0 Å². The minimum Gasteiger partial charge on any atom is -0.394 e. The van der Waals surface area contributed by atoms with Crippen LogP contribution in [0, 0.1) is 0 Å². The summed E-state index contributed by atoms with van der Waals surface area (Å²) in [5.41, 5.74) is 0. The lowest BCUT2D eigenvalue weighted by atomic mass is 10.2. The zero-order valence-corrected chi connectivity index (χ0v) is 5.79. The molecule has 1 aliphatic heterocycles. The third kappa shape index (κ3) is 1.45. The van der Waals surface area contributed by atoms with Crippen LogP contribution in [0.25, 0.3) is 0 Å². The van der Waals surface area contributed by atoms with E-state index >= 15 is 0 Å². The molecule has 1 heterocycles. The maximum atomic E-state index is 12.7. The molecule has 0 amide bonds. The molecule has 0 aliphatic carbocycles. The molecule has 1 unspecified atom stereocenters. The molecule has 1 aliphatic rings. The van der Waals surface area contributed by atoms with Gasteiger partial charge in [-0.25, -0.2) is 4.39 Å². The highest BCUT2D eigenvalue weighted by atomic mass is 19.1. The van der Waals surface area contributed by atoms with Crippen molar-refractivity contribution in [1.82, 2.24) is 0 Å². The van der Waals surface area contributed by atoms with Crippen LogP contribution in [-0.4, -0.2) is 37.4 Å². The summed E-state index contributed by atoms with van der Waals surface area (Å²) < 4.78 is 22.2. The number of alkyl halides is 1. The summed E-state index contributed by atoms with van der Waals surface area (Å²) in [4.78, 5) is 0. The molecule has 0 aromatic rings. The molecular formula is C6H11FO3. The maximum Gasteiger partial charge on any atom is 0.188 e. The van der Waals surface area contributed by atoms with Gasteiger partial charge >= 0.3 is 0 Å². The molecule has 0 bridgehead atoms. The van der Waals surface area contributed by atoms with E-state index in [0.717, 1.165) is 0 Å². The van der Waals surface area contributed by atoms with E-state index in [2.05, 4.69) is 4.74 Å². The number of hydrogen-bond acceptors (Lipinski definition) is 3. The Bertz CT molecular complexity index is 109. The SMILES string of the molecule is COC1O[C@H](CO)C[C@@H]1F. The molecule has 0 radical (unpaired) electrons. The third-order valence-corrected chi connectivity index (χ3v) is 1.55. The Balaban J connectivity index is 2.36. The van der Waals surface area contributed by atoms with Crippen LogP contribution in [0.5, 0.6) is 0 Å². The highest BCUT2D eigenvalue weighted by Crippen LogP contribution is 2.22. The average Bonchev–Trinajstić information content (AvgIpc) is 2.30. The van der Waals surface area contributed by atoms with Crippen molar-refractivity contribution in [2.45, 2.75) is 25.0 Å². The van der Waals surface area contributed by atoms with Gasteiger partial charge in [-0.05, 0) is 0 Å². The lowest BCUT2D eigenvalue weighted by Crippen LogP contribution is -2.19. The second-order valence-electron chi connectivity index (χ2n) is 2.30. The first-order valence-electron chi connectivity index (χ1n) is 3.21. The number of hydrogen-bond donors (Lipinski definition) is 1. The lowest BCUT2D eigenvalue weighted by Gasteiger charge is -2.09. The molecule has 0 saturated carbocycles. The molecule has 1 N–H and O–H groups in total. The molecule has 0 spiro atoms. The Morgan fingerprint density at radius 2 is 2.50 bits per heavy atom. The highest BCUT2D eigenvalue weighted by Gasteiger charge is 2.34. The minimum atomic E-state index is -1.10. The van der Waals surface area contributed by atoms with E-state index in [-0.39, 0.29) is 19.1 Å². The fraction of sp³-hybridized carbons (Fsp3) is 1.00. The van der Waals surface area contributed by atoms with Crippen molar-refractivity contribution >= 4 is 0 Å². The quantitative estimate of drug-likeness (QED) is 0.605. The number of methoxy groups -OCH3 is 1. The highest BCUT2D eigenvalue weighted by molar-refractivity contribution is 4.75. The van der Waals surface area contributed by atoms with Crippen molar-refractivity contribution < 1.29 is 19.0 Å². The van der Waals surface area contributed by atoms with E-state index in [4.69, 9.17) is 9.84 Å². The van der Waals surface area contributed by atoms with E-state index in [1.54, 1.807) is 0 Å². The predicted octanol–water partition coefficient (Wildman–Crippen LogP) is 0.0782. The Morgan fingerprint density at radius 1 is 1.80 bits per heavy atom. The number of ether oxygens (including phenoxy) is 2. The van der Waals surface area contributed by atoms with Gasteiger partial charge in [-0.3, -0.25) is 0 Å². The van der Waals surface area contributed by atoms with E-state index in [0.29, 0.717) is 0 Å². The molecule has 1 rings (SSSR count). The van der Waals surface area contributed by atoms with Crippen LogP contribution in [0.1, 0.15) is 6.42 Å². The van der Waals surface area contributed by atoms with Crippen molar-refractivity contribution in [3.05, 3.63) is 0 Å².